The van der Waals surface area contributed by atoms with Crippen LogP contribution in [0.3, 0.4) is 0 Å². The van der Waals surface area contributed by atoms with Gasteiger partial charge in [0, 0.05) is 16.6 Å². The van der Waals surface area contributed by atoms with Crippen molar-refractivity contribution in [3.05, 3.63) is 89.5 Å². The Bertz CT molecular complexity index is 1310. The zero-order valence-electron chi connectivity index (χ0n) is 19.5. The highest BCUT2D eigenvalue weighted by Crippen LogP contribution is 2.50. The minimum atomic E-state index is -0.388. The molecule has 3 aromatic carbocycles. The van der Waals surface area contributed by atoms with Gasteiger partial charge in [0.2, 0.25) is 0 Å². The number of rotatable bonds is 4. The summed E-state index contributed by atoms with van der Waals surface area (Å²) in [5, 5.41) is 0.525. The predicted octanol–water partition coefficient (Wildman–Crippen LogP) is 6.51. The number of nitrogens with zero attached hydrogens (tertiary/aromatic N) is 2. The Kier molecular flexibility index (Phi) is 5.25. The predicted molar refractivity (Wildman–Crippen MR) is 135 cm³/mol. The van der Waals surface area contributed by atoms with Crippen molar-refractivity contribution in [1.82, 2.24) is 4.98 Å². The van der Waals surface area contributed by atoms with E-state index in [4.69, 9.17) is 4.74 Å². The number of fused-ring (bicyclic) bond motifs is 2. The van der Waals surface area contributed by atoms with Crippen molar-refractivity contribution in [1.29, 1.82) is 0 Å². The molecule has 0 aliphatic carbocycles. The zero-order chi connectivity index (χ0) is 23.2. The highest BCUT2D eigenvalue weighted by atomic mass is 32.1. The van der Waals surface area contributed by atoms with E-state index in [-0.39, 0.29) is 23.5 Å². The van der Waals surface area contributed by atoms with E-state index in [2.05, 4.69) is 75.1 Å². The minimum absolute atomic E-state index is 0.0429. The van der Waals surface area contributed by atoms with Crippen molar-refractivity contribution < 1.29 is 9.53 Å². The number of para-hydroxylation sites is 2. The number of aryl methyl sites for hydroxylation is 1. The highest BCUT2D eigenvalue weighted by Gasteiger charge is 2.47. The minimum Gasteiger partial charge on any atom is -0.460 e. The molecule has 168 valence electrons. The van der Waals surface area contributed by atoms with E-state index in [1.807, 2.05) is 35.2 Å². The van der Waals surface area contributed by atoms with Crippen LogP contribution in [0.4, 0.5) is 5.69 Å². The number of aromatic nitrogens is 1. The summed E-state index contributed by atoms with van der Waals surface area (Å²) in [4.78, 5) is 20.0. The molecule has 0 fully saturated rings. The monoisotopic (exact) mass is 456 g/mol. The maximum Gasteiger partial charge on any atom is 0.274 e. The average Bonchev–Trinajstić information content (AvgIpc) is 3.20. The van der Waals surface area contributed by atoms with Crippen molar-refractivity contribution in [3.63, 3.8) is 0 Å². The normalized spacial score (nSPS) is 19.3. The molecule has 0 spiro atoms. The topological polar surface area (TPSA) is 42.4 Å². The van der Waals surface area contributed by atoms with Crippen LogP contribution in [-0.2, 0) is 10.2 Å². The Balaban J connectivity index is 1.48. The molecule has 2 heterocycles. The molecule has 1 aliphatic heterocycles. The van der Waals surface area contributed by atoms with Gasteiger partial charge in [-0.1, -0.05) is 78.4 Å². The van der Waals surface area contributed by atoms with E-state index in [1.165, 1.54) is 28.0 Å². The molecule has 0 radical (unpaired) electrons. The van der Waals surface area contributed by atoms with E-state index >= 15 is 0 Å². The van der Waals surface area contributed by atoms with Gasteiger partial charge >= 0.3 is 0 Å². The Morgan fingerprint density at radius 1 is 1.03 bits per heavy atom. The zero-order valence-corrected chi connectivity index (χ0v) is 20.3. The Morgan fingerprint density at radius 2 is 1.79 bits per heavy atom. The number of hydrogen-bond donors (Lipinski definition) is 0. The number of amides is 1. The van der Waals surface area contributed by atoms with Gasteiger partial charge in [0.1, 0.15) is 0 Å². The van der Waals surface area contributed by atoms with Gasteiger partial charge in [0.15, 0.2) is 6.61 Å². The molecule has 33 heavy (non-hydrogen) atoms. The van der Waals surface area contributed by atoms with Crippen molar-refractivity contribution in [2.45, 2.75) is 45.1 Å². The van der Waals surface area contributed by atoms with Crippen LogP contribution in [0.25, 0.3) is 10.2 Å². The molecule has 5 heteroatoms. The van der Waals surface area contributed by atoms with Crippen LogP contribution >= 0.6 is 11.3 Å². The average molecular weight is 457 g/mol. The first-order chi connectivity index (χ1) is 15.8. The molecule has 0 N–H and O–H groups in total. The molecule has 1 aliphatic rings. The Morgan fingerprint density at radius 3 is 2.58 bits per heavy atom. The fraction of sp³-hybridized carbons (Fsp3) is 0.286. The van der Waals surface area contributed by atoms with Gasteiger partial charge in [-0.3, -0.25) is 4.79 Å². The van der Waals surface area contributed by atoms with Gasteiger partial charge in [0.25, 0.3) is 11.1 Å². The largest absolute Gasteiger partial charge is 0.460 e. The maximum absolute atomic E-state index is 13.5. The number of benzene rings is 3. The summed E-state index contributed by atoms with van der Waals surface area (Å²) in [6, 6.07) is 24.9. The van der Waals surface area contributed by atoms with Crippen LogP contribution in [0.15, 0.2) is 72.8 Å². The molecular weight excluding hydrogens is 428 g/mol. The molecular formula is C28H28N2O2S. The standard InChI is InChI=1S/C28H28N2O2S/c1-19-10-9-11-20(16-19)28(4)18-27(2,3)30(23-14-7-5-12-21(23)28)25(31)17-32-26-29-22-13-6-8-15-24(22)33-26/h5-16H,17-18H2,1-4H3. The second-order valence-corrected chi connectivity index (χ2v) is 10.7. The summed E-state index contributed by atoms with van der Waals surface area (Å²) in [6.45, 7) is 8.67. The number of thiazole rings is 1. The molecule has 0 saturated carbocycles. The lowest BCUT2D eigenvalue weighted by atomic mass is 9.65. The van der Waals surface area contributed by atoms with Crippen molar-refractivity contribution >= 4 is 33.1 Å². The Labute approximate surface area is 198 Å². The molecule has 4 nitrogen and oxygen atoms in total. The van der Waals surface area contributed by atoms with E-state index in [0.717, 1.165) is 22.3 Å². The third-order valence-electron chi connectivity index (χ3n) is 6.63. The third kappa shape index (κ3) is 3.80. The number of ether oxygens (including phenoxy) is 1. The fourth-order valence-electron chi connectivity index (χ4n) is 5.32. The first-order valence-electron chi connectivity index (χ1n) is 11.3. The smallest absolute Gasteiger partial charge is 0.274 e. The molecule has 4 aromatic rings. The van der Waals surface area contributed by atoms with Crippen LogP contribution in [0.1, 0.15) is 43.9 Å². The van der Waals surface area contributed by atoms with Crippen molar-refractivity contribution in [2.24, 2.45) is 0 Å². The van der Waals surface area contributed by atoms with Crippen LogP contribution < -0.4 is 9.64 Å². The van der Waals surface area contributed by atoms with E-state index in [1.54, 1.807) is 0 Å². The van der Waals surface area contributed by atoms with Crippen LogP contribution in [0.5, 0.6) is 5.19 Å². The second-order valence-electron chi connectivity index (χ2n) is 9.67. The van der Waals surface area contributed by atoms with Crippen LogP contribution in [0, 0.1) is 6.92 Å². The van der Waals surface area contributed by atoms with E-state index in [9.17, 15) is 4.79 Å². The molecule has 1 unspecified atom stereocenters. The lowest BCUT2D eigenvalue weighted by Crippen LogP contribution is -2.57. The summed E-state index contributed by atoms with van der Waals surface area (Å²) in [6.07, 6.45) is 0.813. The number of hydrogen-bond acceptors (Lipinski definition) is 4. The van der Waals surface area contributed by atoms with Crippen molar-refractivity contribution in [2.75, 3.05) is 11.5 Å². The molecule has 1 amide bonds. The van der Waals surface area contributed by atoms with Gasteiger partial charge in [-0.15, -0.1) is 0 Å². The lowest BCUT2D eigenvalue weighted by molar-refractivity contribution is -0.121. The molecule has 1 atom stereocenters. The molecule has 5 rings (SSSR count). The van der Waals surface area contributed by atoms with E-state index in [0.29, 0.717) is 5.19 Å². The highest BCUT2D eigenvalue weighted by molar-refractivity contribution is 7.20. The number of carbonyl (C=O) groups excluding carboxylic acids is 1. The van der Waals surface area contributed by atoms with Gasteiger partial charge in [-0.2, -0.15) is 0 Å². The third-order valence-corrected chi connectivity index (χ3v) is 7.58. The van der Waals surface area contributed by atoms with Crippen LogP contribution in [0.2, 0.25) is 0 Å². The molecule has 0 bridgehead atoms. The quantitative estimate of drug-likeness (QED) is 0.352. The number of anilines is 1. The van der Waals surface area contributed by atoms with Crippen LogP contribution in [-0.4, -0.2) is 23.0 Å². The summed E-state index contributed by atoms with van der Waals surface area (Å²) in [5.74, 6) is -0.0574. The number of carbonyl (C=O) groups is 1. The van der Waals surface area contributed by atoms with E-state index < -0.39 is 0 Å². The SMILES string of the molecule is Cc1cccc(C2(C)CC(C)(C)N(C(=O)COc3nc4ccccc4s3)c3ccccc32)c1. The van der Waals surface area contributed by atoms with Gasteiger partial charge < -0.3 is 9.64 Å². The first-order valence-corrected chi connectivity index (χ1v) is 12.1. The summed E-state index contributed by atoms with van der Waals surface area (Å²) < 4.78 is 6.94. The first kappa shape index (κ1) is 21.7. The van der Waals surface area contributed by atoms with Gasteiger partial charge in [0.05, 0.1) is 10.2 Å². The molecule has 1 aromatic heterocycles. The molecule has 0 saturated heterocycles. The van der Waals surface area contributed by atoms with Gasteiger partial charge in [-0.05, 0) is 56.5 Å². The van der Waals surface area contributed by atoms with Gasteiger partial charge in [-0.25, -0.2) is 4.98 Å². The lowest BCUT2D eigenvalue weighted by Gasteiger charge is -2.51. The summed E-state index contributed by atoms with van der Waals surface area (Å²) in [5.41, 5.74) is 4.95. The van der Waals surface area contributed by atoms with Crippen molar-refractivity contribution in [3.8, 4) is 5.19 Å². The Hall–Kier alpha value is -3.18. The summed E-state index contributed by atoms with van der Waals surface area (Å²) in [7, 11) is 0. The fourth-order valence-corrected chi connectivity index (χ4v) is 6.13. The summed E-state index contributed by atoms with van der Waals surface area (Å²) >= 11 is 1.47. The second kappa shape index (κ2) is 7.99. The maximum atomic E-state index is 13.5.